The molecule has 0 aliphatic heterocycles. The lowest BCUT2D eigenvalue weighted by molar-refractivity contribution is -0.118. The number of nitrogens with zero attached hydrogens (tertiary/aromatic N) is 1. The van der Waals surface area contributed by atoms with Crippen LogP contribution in [0.2, 0.25) is 0 Å². The monoisotopic (exact) mass is 283 g/mol. The SMILES string of the molecule is NCC#Cc1cnc(NC(=O)C2Cc3ccccc32)s1. The summed E-state index contributed by atoms with van der Waals surface area (Å²) in [6, 6.07) is 8.02. The van der Waals surface area contributed by atoms with E-state index in [2.05, 4.69) is 28.2 Å². The van der Waals surface area contributed by atoms with Crippen LogP contribution in [0.3, 0.4) is 0 Å². The van der Waals surface area contributed by atoms with Gasteiger partial charge in [-0.25, -0.2) is 4.98 Å². The van der Waals surface area contributed by atoms with E-state index in [4.69, 9.17) is 5.73 Å². The molecule has 0 radical (unpaired) electrons. The van der Waals surface area contributed by atoms with Gasteiger partial charge in [-0.3, -0.25) is 4.79 Å². The third-order valence-corrected chi connectivity index (χ3v) is 4.05. The Morgan fingerprint density at radius 3 is 3.15 bits per heavy atom. The molecule has 1 aliphatic rings. The minimum absolute atomic E-state index is 0.00335. The summed E-state index contributed by atoms with van der Waals surface area (Å²) in [5.41, 5.74) is 7.68. The molecule has 3 rings (SSSR count). The number of anilines is 1. The molecule has 1 aromatic carbocycles. The van der Waals surface area contributed by atoms with Crippen LogP contribution in [0.5, 0.6) is 0 Å². The summed E-state index contributed by atoms with van der Waals surface area (Å²) in [5.74, 6) is 5.60. The predicted molar refractivity (Wildman–Crippen MR) is 79.6 cm³/mol. The Labute approximate surface area is 121 Å². The molecule has 0 saturated heterocycles. The van der Waals surface area contributed by atoms with E-state index < -0.39 is 0 Å². The molecule has 0 spiro atoms. The molecule has 1 aromatic heterocycles. The Morgan fingerprint density at radius 1 is 1.50 bits per heavy atom. The summed E-state index contributed by atoms with van der Waals surface area (Å²) >= 11 is 1.36. The maximum atomic E-state index is 12.2. The first kappa shape index (κ1) is 12.9. The topological polar surface area (TPSA) is 68.0 Å². The number of aromatic nitrogens is 1. The molecular formula is C15H13N3OS. The zero-order valence-electron chi connectivity index (χ0n) is 10.7. The Bertz CT molecular complexity index is 711. The van der Waals surface area contributed by atoms with Crippen LogP contribution >= 0.6 is 11.3 Å². The van der Waals surface area contributed by atoms with E-state index in [-0.39, 0.29) is 11.8 Å². The van der Waals surface area contributed by atoms with Crippen molar-refractivity contribution >= 4 is 22.4 Å². The van der Waals surface area contributed by atoms with Crippen LogP contribution in [0.15, 0.2) is 30.5 Å². The minimum Gasteiger partial charge on any atom is -0.320 e. The van der Waals surface area contributed by atoms with Crippen molar-refractivity contribution in [3.8, 4) is 11.8 Å². The van der Waals surface area contributed by atoms with Gasteiger partial charge in [0.05, 0.1) is 23.5 Å². The Morgan fingerprint density at radius 2 is 2.35 bits per heavy atom. The van der Waals surface area contributed by atoms with Gasteiger partial charge in [0.1, 0.15) is 0 Å². The molecule has 0 fully saturated rings. The molecular weight excluding hydrogens is 270 g/mol. The molecule has 5 heteroatoms. The number of carbonyl (C=O) groups is 1. The van der Waals surface area contributed by atoms with Crippen LogP contribution in [0.1, 0.15) is 21.9 Å². The maximum Gasteiger partial charge on any atom is 0.234 e. The Balaban J connectivity index is 1.67. The first-order valence-corrected chi connectivity index (χ1v) is 7.13. The van der Waals surface area contributed by atoms with Crippen molar-refractivity contribution < 1.29 is 4.79 Å². The number of carbonyl (C=O) groups excluding carboxylic acids is 1. The second-order valence-electron chi connectivity index (χ2n) is 4.48. The predicted octanol–water partition coefficient (Wildman–Crippen LogP) is 1.73. The zero-order chi connectivity index (χ0) is 13.9. The number of nitrogens with two attached hydrogens (primary N) is 1. The number of nitrogens with one attached hydrogen (secondary N) is 1. The van der Waals surface area contributed by atoms with Gasteiger partial charge in [-0.15, -0.1) is 0 Å². The van der Waals surface area contributed by atoms with Gasteiger partial charge in [0.15, 0.2) is 5.13 Å². The second-order valence-corrected chi connectivity index (χ2v) is 5.51. The number of hydrogen-bond acceptors (Lipinski definition) is 4. The first-order chi connectivity index (χ1) is 9.78. The lowest BCUT2D eigenvalue weighted by Gasteiger charge is -2.28. The van der Waals surface area contributed by atoms with Crippen LogP contribution in [0.4, 0.5) is 5.13 Å². The highest BCUT2D eigenvalue weighted by atomic mass is 32.1. The molecule has 1 unspecified atom stereocenters. The molecule has 1 amide bonds. The van der Waals surface area contributed by atoms with Crippen LogP contribution in [-0.4, -0.2) is 17.4 Å². The quantitative estimate of drug-likeness (QED) is 0.825. The van der Waals surface area contributed by atoms with Gasteiger partial charge in [0.2, 0.25) is 5.91 Å². The van der Waals surface area contributed by atoms with Crippen molar-refractivity contribution in [1.29, 1.82) is 0 Å². The summed E-state index contributed by atoms with van der Waals surface area (Å²) in [7, 11) is 0. The number of amides is 1. The van der Waals surface area contributed by atoms with Crippen LogP contribution in [-0.2, 0) is 11.2 Å². The number of thiazole rings is 1. The molecule has 2 aromatic rings. The van der Waals surface area contributed by atoms with E-state index >= 15 is 0 Å². The molecule has 4 nitrogen and oxygen atoms in total. The lowest BCUT2D eigenvalue weighted by atomic mass is 9.77. The summed E-state index contributed by atoms with van der Waals surface area (Å²) in [4.78, 5) is 17.1. The third kappa shape index (κ3) is 2.44. The summed E-state index contributed by atoms with van der Waals surface area (Å²) in [6.07, 6.45) is 2.45. The van der Waals surface area contributed by atoms with E-state index in [0.717, 1.165) is 16.9 Å². The fraction of sp³-hybridized carbons (Fsp3) is 0.200. The normalized spacial score (nSPS) is 15.6. The third-order valence-electron chi connectivity index (χ3n) is 3.22. The van der Waals surface area contributed by atoms with Crippen molar-refractivity contribution in [2.75, 3.05) is 11.9 Å². The molecule has 1 aliphatic carbocycles. The van der Waals surface area contributed by atoms with Crippen molar-refractivity contribution in [3.05, 3.63) is 46.5 Å². The smallest absolute Gasteiger partial charge is 0.234 e. The lowest BCUT2D eigenvalue weighted by Crippen LogP contribution is -2.30. The van der Waals surface area contributed by atoms with Crippen LogP contribution in [0.25, 0.3) is 0 Å². The van der Waals surface area contributed by atoms with E-state index in [0.29, 0.717) is 11.7 Å². The molecule has 100 valence electrons. The fourth-order valence-electron chi connectivity index (χ4n) is 2.21. The van der Waals surface area contributed by atoms with Crippen molar-refractivity contribution in [2.24, 2.45) is 5.73 Å². The van der Waals surface area contributed by atoms with Crippen molar-refractivity contribution in [1.82, 2.24) is 4.98 Å². The average Bonchev–Trinajstić information content (AvgIpc) is 2.85. The van der Waals surface area contributed by atoms with Crippen LogP contribution < -0.4 is 11.1 Å². The van der Waals surface area contributed by atoms with Gasteiger partial charge < -0.3 is 11.1 Å². The van der Waals surface area contributed by atoms with Crippen molar-refractivity contribution in [3.63, 3.8) is 0 Å². The molecule has 1 heterocycles. The highest BCUT2D eigenvalue weighted by Gasteiger charge is 2.31. The van der Waals surface area contributed by atoms with Crippen LogP contribution in [0, 0.1) is 11.8 Å². The largest absolute Gasteiger partial charge is 0.320 e. The molecule has 1 atom stereocenters. The standard InChI is InChI=1S/C15H13N3OS/c16-7-3-5-11-9-17-15(20-11)18-14(19)13-8-10-4-1-2-6-12(10)13/h1-2,4,6,9,13H,7-8,16H2,(H,17,18,19). The average molecular weight is 283 g/mol. The highest BCUT2D eigenvalue weighted by molar-refractivity contribution is 7.16. The Hall–Kier alpha value is -2.16. The minimum atomic E-state index is -0.0614. The van der Waals surface area contributed by atoms with E-state index in [1.54, 1.807) is 6.20 Å². The first-order valence-electron chi connectivity index (χ1n) is 6.31. The van der Waals surface area contributed by atoms with Gasteiger partial charge in [-0.05, 0) is 17.5 Å². The molecule has 3 N–H and O–H groups in total. The zero-order valence-corrected chi connectivity index (χ0v) is 11.5. The number of rotatable bonds is 2. The molecule has 0 bridgehead atoms. The summed E-state index contributed by atoms with van der Waals surface area (Å²) in [6.45, 7) is 0.318. The van der Waals surface area contributed by atoms with Gasteiger partial charge >= 0.3 is 0 Å². The number of fused-ring (bicyclic) bond motifs is 1. The van der Waals surface area contributed by atoms with Gasteiger partial charge in [-0.1, -0.05) is 47.4 Å². The summed E-state index contributed by atoms with van der Waals surface area (Å²) in [5, 5.41) is 3.44. The summed E-state index contributed by atoms with van der Waals surface area (Å²) < 4.78 is 0. The second kappa shape index (κ2) is 5.45. The molecule has 20 heavy (non-hydrogen) atoms. The molecule has 0 saturated carbocycles. The van der Waals surface area contributed by atoms with Crippen molar-refractivity contribution in [2.45, 2.75) is 12.3 Å². The maximum absolute atomic E-state index is 12.2. The van der Waals surface area contributed by atoms with Gasteiger partial charge in [0, 0.05) is 0 Å². The van der Waals surface area contributed by atoms with Gasteiger partial charge in [-0.2, -0.15) is 0 Å². The van der Waals surface area contributed by atoms with E-state index in [1.165, 1.54) is 16.9 Å². The number of benzene rings is 1. The number of hydrogen-bond donors (Lipinski definition) is 2. The Kier molecular flexibility index (Phi) is 3.50. The van der Waals surface area contributed by atoms with Gasteiger partial charge in [0.25, 0.3) is 0 Å². The highest BCUT2D eigenvalue weighted by Crippen LogP contribution is 2.35. The van der Waals surface area contributed by atoms with E-state index in [1.807, 2.05) is 18.2 Å². The fourth-order valence-corrected chi connectivity index (χ4v) is 2.91. The van der Waals surface area contributed by atoms with E-state index in [9.17, 15) is 4.79 Å².